The number of fused-ring (bicyclic) bond motifs is 1. The van der Waals surface area contributed by atoms with Crippen LogP contribution in [0.15, 0.2) is 42.6 Å². The van der Waals surface area contributed by atoms with Gasteiger partial charge in [0, 0.05) is 12.7 Å². The third kappa shape index (κ3) is 4.84. The van der Waals surface area contributed by atoms with E-state index >= 15 is 0 Å². The largest absolute Gasteiger partial charge is 0.343 e. The molecule has 3 unspecified atom stereocenters. The SMILES string of the molecule is CNC(C)C(=O)NC(C(=O)N1CCCC1c1ccnc(-n2nnc3ccccc32)c1)C1CCCCC1. The van der Waals surface area contributed by atoms with E-state index < -0.39 is 6.04 Å². The summed E-state index contributed by atoms with van der Waals surface area (Å²) in [7, 11) is 1.76. The Kier molecular flexibility index (Phi) is 7.27. The van der Waals surface area contributed by atoms with Crippen LogP contribution in [0.5, 0.6) is 0 Å². The van der Waals surface area contributed by atoms with Crippen molar-refractivity contribution in [2.45, 2.75) is 70.0 Å². The molecule has 190 valence electrons. The van der Waals surface area contributed by atoms with Crippen LogP contribution < -0.4 is 10.6 Å². The Labute approximate surface area is 211 Å². The number of nitrogens with one attached hydrogen (secondary N) is 2. The standard InChI is InChI=1S/C27H35N7O2/c1-18(28-2)26(35)30-25(19-9-4-3-5-10-19)27(36)33-16-8-13-22(33)20-14-15-29-24(17-20)34-23-12-7-6-11-21(23)31-32-34/h6-7,11-12,14-15,17-19,22,25,28H,3-5,8-10,13,16H2,1-2H3,(H,30,35). The average molecular weight is 490 g/mol. The van der Waals surface area contributed by atoms with Crippen LogP contribution in [0.4, 0.5) is 0 Å². The van der Waals surface area contributed by atoms with Gasteiger partial charge in [-0.2, -0.15) is 4.68 Å². The lowest BCUT2D eigenvalue weighted by Crippen LogP contribution is -2.55. The molecule has 9 nitrogen and oxygen atoms in total. The fourth-order valence-electron chi connectivity index (χ4n) is 5.61. The molecule has 5 rings (SSSR count). The molecule has 0 spiro atoms. The van der Waals surface area contributed by atoms with E-state index in [2.05, 4.69) is 25.9 Å². The smallest absolute Gasteiger partial charge is 0.245 e. The zero-order valence-electron chi connectivity index (χ0n) is 21.1. The number of nitrogens with zero attached hydrogens (tertiary/aromatic N) is 5. The van der Waals surface area contributed by atoms with Gasteiger partial charge in [0.15, 0.2) is 5.82 Å². The van der Waals surface area contributed by atoms with E-state index in [0.717, 1.165) is 55.1 Å². The van der Waals surface area contributed by atoms with Crippen molar-refractivity contribution in [1.82, 2.24) is 35.5 Å². The topological polar surface area (TPSA) is 105 Å². The van der Waals surface area contributed by atoms with Gasteiger partial charge in [-0.15, -0.1) is 5.10 Å². The quantitative estimate of drug-likeness (QED) is 0.528. The van der Waals surface area contributed by atoms with Gasteiger partial charge in [0.1, 0.15) is 11.6 Å². The molecule has 2 fully saturated rings. The third-order valence-corrected chi connectivity index (χ3v) is 7.77. The fourth-order valence-corrected chi connectivity index (χ4v) is 5.61. The van der Waals surface area contributed by atoms with Crippen molar-refractivity contribution in [3.8, 4) is 5.82 Å². The number of pyridine rings is 1. The molecule has 3 aromatic rings. The molecule has 1 aliphatic carbocycles. The van der Waals surface area contributed by atoms with E-state index in [1.807, 2.05) is 48.2 Å². The van der Waals surface area contributed by atoms with Crippen LogP contribution >= 0.6 is 0 Å². The predicted octanol–water partition coefficient (Wildman–Crippen LogP) is 3.15. The molecular weight excluding hydrogens is 454 g/mol. The number of carbonyl (C=O) groups excluding carboxylic acids is 2. The second-order valence-electron chi connectivity index (χ2n) is 10.0. The number of hydrogen-bond donors (Lipinski definition) is 2. The summed E-state index contributed by atoms with van der Waals surface area (Å²) in [5.74, 6) is 0.766. The minimum absolute atomic E-state index is 0.0330. The summed E-state index contributed by atoms with van der Waals surface area (Å²) in [5.41, 5.74) is 2.73. The number of hydrogen-bond acceptors (Lipinski definition) is 6. The van der Waals surface area contributed by atoms with Crippen LogP contribution in [0.3, 0.4) is 0 Å². The second kappa shape index (κ2) is 10.7. The Morgan fingerprint density at radius 1 is 1.06 bits per heavy atom. The Bertz CT molecular complexity index is 1220. The molecule has 2 aliphatic rings. The lowest BCUT2D eigenvalue weighted by Gasteiger charge is -2.35. The van der Waals surface area contributed by atoms with Gasteiger partial charge in [0.05, 0.1) is 17.6 Å². The van der Waals surface area contributed by atoms with Gasteiger partial charge >= 0.3 is 0 Å². The molecule has 0 radical (unpaired) electrons. The maximum Gasteiger partial charge on any atom is 0.245 e. The summed E-state index contributed by atoms with van der Waals surface area (Å²) in [5, 5.41) is 14.7. The highest BCUT2D eigenvalue weighted by molar-refractivity contribution is 5.90. The van der Waals surface area contributed by atoms with E-state index in [4.69, 9.17) is 0 Å². The van der Waals surface area contributed by atoms with Crippen molar-refractivity contribution in [3.05, 3.63) is 48.2 Å². The molecular formula is C27H35N7O2. The first-order valence-electron chi connectivity index (χ1n) is 13.1. The van der Waals surface area contributed by atoms with Crippen LogP contribution in [0.1, 0.15) is 63.5 Å². The van der Waals surface area contributed by atoms with Gasteiger partial charge in [0.2, 0.25) is 11.8 Å². The predicted molar refractivity (Wildman–Crippen MR) is 137 cm³/mol. The molecule has 1 aliphatic heterocycles. The Morgan fingerprint density at radius 3 is 2.67 bits per heavy atom. The average Bonchev–Trinajstić information content (AvgIpc) is 3.59. The van der Waals surface area contributed by atoms with Crippen molar-refractivity contribution in [2.75, 3.05) is 13.6 Å². The van der Waals surface area contributed by atoms with E-state index in [1.54, 1.807) is 17.9 Å². The number of aromatic nitrogens is 4. The molecule has 0 bridgehead atoms. The zero-order valence-corrected chi connectivity index (χ0v) is 21.1. The number of likely N-dealkylation sites (tertiary alicyclic amines) is 1. The first-order chi connectivity index (χ1) is 17.6. The van der Waals surface area contributed by atoms with Crippen molar-refractivity contribution >= 4 is 22.8 Å². The van der Waals surface area contributed by atoms with Gasteiger partial charge in [-0.25, -0.2) is 4.98 Å². The zero-order chi connectivity index (χ0) is 25.1. The lowest BCUT2D eigenvalue weighted by molar-refractivity contribution is -0.139. The van der Waals surface area contributed by atoms with Crippen LogP contribution in [-0.4, -0.2) is 62.4 Å². The van der Waals surface area contributed by atoms with Crippen molar-refractivity contribution in [3.63, 3.8) is 0 Å². The summed E-state index contributed by atoms with van der Waals surface area (Å²) < 4.78 is 1.74. The molecule has 1 saturated carbocycles. The third-order valence-electron chi connectivity index (χ3n) is 7.77. The van der Waals surface area contributed by atoms with Crippen molar-refractivity contribution < 1.29 is 9.59 Å². The van der Waals surface area contributed by atoms with E-state index in [-0.39, 0.29) is 29.8 Å². The summed E-state index contributed by atoms with van der Waals surface area (Å²) >= 11 is 0. The first-order valence-corrected chi connectivity index (χ1v) is 13.1. The van der Waals surface area contributed by atoms with Crippen molar-refractivity contribution in [1.29, 1.82) is 0 Å². The molecule has 9 heteroatoms. The molecule has 2 aromatic heterocycles. The highest BCUT2D eigenvalue weighted by Gasteiger charge is 2.39. The molecule has 2 N–H and O–H groups in total. The van der Waals surface area contributed by atoms with Crippen LogP contribution in [0.25, 0.3) is 16.9 Å². The summed E-state index contributed by atoms with van der Waals surface area (Å²) in [6.07, 6.45) is 8.94. The molecule has 3 heterocycles. The van der Waals surface area contributed by atoms with Gasteiger partial charge in [-0.3, -0.25) is 9.59 Å². The number of amides is 2. The Morgan fingerprint density at radius 2 is 1.86 bits per heavy atom. The normalized spacial score (nSPS) is 20.4. The maximum atomic E-state index is 14.0. The van der Waals surface area contributed by atoms with Crippen LogP contribution in [0, 0.1) is 5.92 Å². The highest BCUT2D eigenvalue weighted by Crippen LogP contribution is 2.35. The minimum atomic E-state index is -0.491. The summed E-state index contributed by atoms with van der Waals surface area (Å²) in [4.78, 5) is 33.3. The minimum Gasteiger partial charge on any atom is -0.343 e. The van der Waals surface area contributed by atoms with Gasteiger partial charge in [-0.05, 0) is 75.4 Å². The van der Waals surface area contributed by atoms with E-state index in [0.29, 0.717) is 12.4 Å². The summed E-state index contributed by atoms with van der Waals surface area (Å²) in [6.45, 7) is 2.51. The fraction of sp³-hybridized carbons (Fsp3) is 0.519. The molecule has 1 saturated heterocycles. The first kappa shape index (κ1) is 24.4. The maximum absolute atomic E-state index is 14.0. The number of benzene rings is 1. The number of carbonyl (C=O) groups is 2. The van der Waals surface area contributed by atoms with Gasteiger partial charge in [0.25, 0.3) is 0 Å². The number of likely N-dealkylation sites (N-methyl/N-ethyl adjacent to an activating group) is 1. The Balaban J connectivity index is 1.41. The monoisotopic (exact) mass is 489 g/mol. The number of para-hydroxylation sites is 1. The van der Waals surface area contributed by atoms with Crippen LogP contribution in [-0.2, 0) is 9.59 Å². The second-order valence-corrected chi connectivity index (χ2v) is 10.0. The van der Waals surface area contributed by atoms with E-state index in [9.17, 15) is 9.59 Å². The lowest BCUT2D eigenvalue weighted by atomic mass is 9.83. The molecule has 36 heavy (non-hydrogen) atoms. The molecule has 1 aromatic carbocycles. The van der Waals surface area contributed by atoms with E-state index in [1.165, 1.54) is 6.42 Å². The van der Waals surface area contributed by atoms with Crippen LogP contribution in [0.2, 0.25) is 0 Å². The van der Waals surface area contributed by atoms with Crippen molar-refractivity contribution in [2.24, 2.45) is 5.92 Å². The van der Waals surface area contributed by atoms with Gasteiger partial charge < -0.3 is 15.5 Å². The van der Waals surface area contributed by atoms with Gasteiger partial charge in [-0.1, -0.05) is 36.6 Å². The number of rotatable bonds is 7. The Hall–Kier alpha value is -3.33. The molecule has 2 amide bonds. The summed E-state index contributed by atoms with van der Waals surface area (Å²) in [6, 6.07) is 10.9. The molecule has 3 atom stereocenters. The highest BCUT2D eigenvalue weighted by atomic mass is 16.2.